The summed E-state index contributed by atoms with van der Waals surface area (Å²) in [6.45, 7) is 0.0951. The molecule has 2 N–H and O–H groups in total. The number of anilines is 1. The predicted octanol–water partition coefficient (Wildman–Crippen LogP) is 2.60. The Morgan fingerprint density at radius 2 is 2.05 bits per heavy atom. The normalized spacial score (nSPS) is 20.4. The number of hydrogen-bond acceptors (Lipinski definition) is 3. The molecule has 2 rings (SSSR count). The van der Waals surface area contributed by atoms with Gasteiger partial charge in [-0.2, -0.15) is 13.2 Å². The van der Waals surface area contributed by atoms with E-state index in [9.17, 15) is 22.8 Å². The van der Waals surface area contributed by atoms with E-state index >= 15 is 0 Å². The predicted molar refractivity (Wildman–Crippen MR) is 70.6 cm³/mol. The van der Waals surface area contributed by atoms with E-state index in [0.29, 0.717) is 11.3 Å². The zero-order valence-corrected chi connectivity index (χ0v) is 11.6. The Kier molecular flexibility index (Phi) is 4.30. The number of rotatable bonds is 5. The lowest BCUT2D eigenvalue weighted by atomic mass is 10.1. The van der Waals surface area contributed by atoms with Gasteiger partial charge in [-0.05, 0) is 25.5 Å². The van der Waals surface area contributed by atoms with Gasteiger partial charge in [0.2, 0.25) is 5.91 Å². The smallest absolute Gasteiger partial charge is 0.422 e. The number of alkyl halides is 3. The van der Waals surface area contributed by atoms with Crippen LogP contribution in [-0.4, -0.2) is 29.8 Å². The summed E-state index contributed by atoms with van der Waals surface area (Å²) in [4.78, 5) is 22.6. The maximum absolute atomic E-state index is 12.2. The summed E-state index contributed by atoms with van der Waals surface area (Å²) in [6, 6.07) is 4.34. The van der Waals surface area contributed by atoms with Gasteiger partial charge in [0.25, 0.3) is 0 Å². The van der Waals surface area contributed by atoms with Crippen LogP contribution in [0.25, 0.3) is 0 Å². The minimum Gasteiger partial charge on any atom is -0.484 e. The van der Waals surface area contributed by atoms with E-state index in [0.717, 1.165) is 0 Å². The first-order valence-corrected chi connectivity index (χ1v) is 6.52. The van der Waals surface area contributed by atoms with Crippen LogP contribution in [0.1, 0.15) is 12.0 Å². The Morgan fingerprint density at radius 1 is 1.36 bits per heavy atom. The van der Waals surface area contributed by atoms with E-state index in [1.54, 1.807) is 0 Å². The molecule has 0 aromatic heterocycles. The van der Waals surface area contributed by atoms with E-state index in [1.807, 2.05) is 0 Å². The third kappa shape index (κ3) is 3.90. The Labute approximate surface area is 124 Å². The van der Waals surface area contributed by atoms with E-state index in [4.69, 9.17) is 5.11 Å². The second kappa shape index (κ2) is 5.86. The Balaban J connectivity index is 2.03. The van der Waals surface area contributed by atoms with Gasteiger partial charge in [0.05, 0.1) is 11.8 Å². The third-order valence-corrected chi connectivity index (χ3v) is 3.38. The first-order valence-electron chi connectivity index (χ1n) is 6.52. The lowest BCUT2D eigenvalue weighted by Crippen LogP contribution is -2.20. The molecule has 1 amide bonds. The first kappa shape index (κ1) is 16.1. The van der Waals surface area contributed by atoms with Gasteiger partial charge in [-0.3, -0.25) is 9.59 Å². The summed E-state index contributed by atoms with van der Waals surface area (Å²) in [7, 11) is 0. The summed E-state index contributed by atoms with van der Waals surface area (Å²) in [5.74, 6) is -2.76. The fourth-order valence-electron chi connectivity index (χ4n) is 2.05. The molecule has 1 aromatic rings. The molecule has 0 aliphatic heterocycles. The average molecular weight is 317 g/mol. The van der Waals surface area contributed by atoms with Crippen LogP contribution in [0.5, 0.6) is 5.75 Å². The standard InChI is InChI=1S/C14H14F3NO4/c1-7-10(18-12(19)8-5-9(8)13(20)21)3-2-4-11(7)22-6-14(15,16)17/h2-4,8-9H,5-6H2,1H3,(H,18,19)(H,20,21). The quantitative estimate of drug-likeness (QED) is 0.875. The van der Waals surface area contributed by atoms with Crippen LogP contribution in [-0.2, 0) is 9.59 Å². The van der Waals surface area contributed by atoms with E-state index in [2.05, 4.69) is 10.1 Å². The number of carboxylic acids is 1. The van der Waals surface area contributed by atoms with Gasteiger partial charge in [0.1, 0.15) is 5.75 Å². The number of amides is 1. The van der Waals surface area contributed by atoms with Crippen LogP contribution in [0, 0.1) is 18.8 Å². The maximum Gasteiger partial charge on any atom is 0.422 e. The highest BCUT2D eigenvalue weighted by Crippen LogP contribution is 2.40. The molecule has 2 unspecified atom stereocenters. The van der Waals surface area contributed by atoms with Gasteiger partial charge in [-0.1, -0.05) is 6.07 Å². The summed E-state index contributed by atoms with van der Waals surface area (Å²) >= 11 is 0. The second-order valence-corrected chi connectivity index (χ2v) is 5.11. The number of ether oxygens (including phenoxy) is 1. The molecule has 120 valence electrons. The average Bonchev–Trinajstić information content (AvgIpc) is 3.19. The van der Waals surface area contributed by atoms with Crippen molar-refractivity contribution in [3.63, 3.8) is 0 Å². The molecule has 0 saturated heterocycles. The minimum absolute atomic E-state index is 0.0145. The maximum atomic E-state index is 12.2. The number of carbonyl (C=O) groups is 2. The minimum atomic E-state index is -4.45. The van der Waals surface area contributed by atoms with Crippen molar-refractivity contribution in [3.8, 4) is 5.75 Å². The Morgan fingerprint density at radius 3 is 2.59 bits per heavy atom. The fourth-order valence-corrected chi connectivity index (χ4v) is 2.05. The monoisotopic (exact) mass is 317 g/mol. The summed E-state index contributed by atoms with van der Waals surface area (Å²) in [5.41, 5.74) is 0.660. The Bertz CT molecular complexity index is 600. The highest BCUT2D eigenvalue weighted by Gasteiger charge is 2.48. The fraction of sp³-hybridized carbons (Fsp3) is 0.429. The van der Waals surface area contributed by atoms with Crippen molar-refractivity contribution in [3.05, 3.63) is 23.8 Å². The topological polar surface area (TPSA) is 75.6 Å². The van der Waals surface area contributed by atoms with Gasteiger partial charge in [0.15, 0.2) is 6.61 Å². The van der Waals surface area contributed by atoms with Crippen molar-refractivity contribution < 1.29 is 32.6 Å². The van der Waals surface area contributed by atoms with Crippen LogP contribution in [0.4, 0.5) is 18.9 Å². The number of hydrogen-bond donors (Lipinski definition) is 2. The van der Waals surface area contributed by atoms with Crippen molar-refractivity contribution in [1.82, 2.24) is 0 Å². The molecule has 8 heteroatoms. The van der Waals surface area contributed by atoms with E-state index in [-0.39, 0.29) is 12.2 Å². The SMILES string of the molecule is Cc1c(NC(=O)C2CC2C(=O)O)cccc1OCC(F)(F)F. The van der Waals surface area contributed by atoms with Gasteiger partial charge in [-0.25, -0.2) is 0 Å². The molecular weight excluding hydrogens is 303 g/mol. The highest BCUT2D eigenvalue weighted by atomic mass is 19.4. The number of halogens is 3. The van der Waals surface area contributed by atoms with Gasteiger partial charge < -0.3 is 15.2 Å². The molecular formula is C14H14F3NO4. The number of nitrogens with one attached hydrogen (secondary N) is 1. The van der Waals surface area contributed by atoms with Gasteiger partial charge >= 0.3 is 12.1 Å². The zero-order valence-electron chi connectivity index (χ0n) is 11.6. The van der Waals surface area contributed by atoms with Crippen LogP contribution in [0.2, 0.25) is 0 Å². The molecule has 1 saturated carbocycles. The Hall–Kier alpha value is -2.25. The summed E-state index contributed by atoms with van der Waals surface area (Å²) < 4.78 is 41.2. The highest BCUT2D eigenvalue weighted by molar-refractivity contribution is 5.98. The number of carbonyl (C=O) groups excluding carboxylic acids is 1. The second-order valence-electron chi connectivity index (χ2n) is 5.11. The molecule has 0 spiro atoms. The molecule has 0 bridgehead atoms. The summed E-state index contributed by atoms with van der Waals surface area (Å²) in [6.07, 6.45) is -4.18. The summed E-state index contributed by atoms with van der Waals surface area (Å²) in [5, 5.41) is 11.3. The molecule has 1 fully saturated rings. The lowest BCUT2D eigenvalue weighted by Gasteiger charge is -2.14. The first-order chi connectivity index (χ1) is 10.2. The number of carboxylic acid groups (broad SMARTS) is 1. The molecule has 0 radical (unpaired) electrons. The largest absolute Gasteiger partial charge is 0.484 e. The van der Waals surface area contributed by atoms with Gasteiger partial charge in [-0.15, -0.1) is 0 Å². The van der Waals surface area contributed by atoms with Crippen molar-refractivity contribution in [2.75, 3.05) is 11.9 Å². The van der Waals surface area contributed by atoms with E-state index in [1.165, 1.54) is 25.1 Å². The molecule has 22 heavy (non-hydrogen) atoms. The van der Waals surface area contributed by atoms with Crippen molar-refractivity contribution in [1.29, 1.82) is 0 Å². The molecule has 1 aliphatic carbocycles. The van der Waals surface area contributed by atoms with Crippen molar-refractivity contribution in [2.45, 2.75) is 19.5 Å². The molecule has 2 atom stereocenters. The van der Waals surface area contributed by atoms with Crippen molar-refractivity contribution in [2.24, 2.45) is 11.8 Å². The zero-order chi connectivity index (χ0) is 16.5. The lowest BCUT2D eigenvalue weighted by molar-refractivity contribution is -0.153. The molecule has 0 heterocycles. The third-order valence-electron chi connectivity index (χ3n) is 3.38. The molecule has 1 aliphatic rings. The van der Waals surface area contributed by atoms with Crippen molar-refractivity contribution >= 4 is 17.6 Å². The van der Waals surface area contributed by atoms with Crippen LogP contribution >= 0.6 is 0 Å². The molecule has 5 nitrogen and oxygen atoms in total. The van der Waals surface area contributed by atoms with E-state index < -0.39 is 36.5 Å². The number of benzene rings is 1. The van der Waals surface area contributed by atoms with Gasteiger partial charge in [0, 0.05) is 11.3 Å². The van der Waals surface area contributed by atoms with Crippen LogP contribution in [0.3, 0.4) is 0 Å². The van der Waals surface area contributed by atoms with Crippen LogP contribution < -0.4 is 10.1 Å². The number of aliphatic carboxylic acids is 1. The van der Waals surface area contributed by atoms with Crippen LogP contribution in [0.15, 0.2) is 18.2 Å². The molecule has 1 aromatic carbocycles.